The Morgan fingerprint density at radius 3 is 2.70 bits per heavy atom. The van der Waals surface area contributed by atoms with E-state index < -0.39 is 21.9 Å². The van der Waals surface area contributed by atoms with Crippen molar-refractivity contribution in [2.45, 2.75) is 23.5 Å². The van der Waals surface area contributed by atoms with Crippen LogP contribution >= 0.6 is 11.3 Å². The molecule has 1 fully saturated rings. The summed E-state index contributed by atoms with van der Waals surface area (Å²) in [5.74, 6) is -0.658. The van der Waals surface area contributed by atoms with Crippen molar-refractivity contribution < 1.29 is 22.7 Å². The quantitative estimate of drug-likeness (QED) is 0.762. The van der Waals surface area contributed by atoms with E-state index >= 15 is 0 Å². The van der Waals surface area contributed by atoms with Crippen LogP contribution in [0.4, 0.5) is 0 Å². The van der Waals surface area contributed by atoms with E-state index in [4.69, 9.17) is 9.47 Å². The molecule has 2 heterocycles. The fourth-order valence-corrected chi connectivity index (χ4v) is 3.58. The summed E-state index contributed by atoms with van der Waals surface area (Å²) in [5, 5.41) is 2.63. The van der Waals surface area contributed by atoms with E-state index in [-0.39, 0.29) is 24.0 Å². The van der Waals surface area contributed by atoms with Crippen LogP contribution in [0.3, 0.4) is 0 Å². The Balaban J connectivity index is 1.76. The maximum Gasteiger partial charge on any atom is 0.336 e. The number of carbonyl (C=O) groups excluding carboxylic acids is 1. The molecule has 0 spiro atoms. The minimum Gasteiger partial charge on any atom is -0.463 e. The molecule has 0 amide bonds. The molecule has 1 aliphatic rings. The molecule has 2 aromatic rings. The molecule has 0 bridgehead atoms. The summed E-state index contributed by atoms with van der Waals surface area (Å²) >= 11 is 1.45. The first-order valence-electron chi connectivity index (χ1n) is 6.92. The van der Waals surface area contributed by atoms with Crippen molar-refractivity contribution in [3.8, 4) is 0 Å². The topological polar surface area (TPSA) is 82.6 Å². The van der Waals surface area contributed by atoms with E-state index in [1.165, 1.54) is 23.5 Å². The predicted molar refractivity (Wildman–Crippen MR) is 83.9 cm³/mol. The number of carbonyl (C=O) groups is 1. The number of ether oxygens (including phenoxy) is 2. The Labute approximate surface area is 138 Å². The van der Waals surface area contributed by atoms with E-state index in [0.717, 1.165) is 16.8 Å². The van der Waals surface area contributed by atoms with Crippen LogP contribution < -0.4 is 0 Å². The van der Waals surface area contributed by atoms with Crippen molar-refractivity contribution in [2.24, 2.45) is 0 Å². The number of nitrogens with zero attached hydrogens (tertiary/aromatic N) is 1. The molecule has 1 aromatic carbocycles. The number of thiazole rings is 1. The number of sulfone groups is 1. The van der Waals surface area contributed by atoms with Crippen LogP contribution in [0.5, 0.6) is 0 Å². The second-order valence-corrected chi connectivity index (χ2v) is 8.23. The number of benzene rings is 1. The standard InChI is InChI=1S/C15H15NO5S2/c1-23(18,19)11-4-2-10(3-5-11)12-8-21-15(17)14(12)20-9-13-16-6-7-22-13/h2-7,12,14H,8-9H2,1H3. The first kappa shape index (κ1) is 16.1. The van der Waals surface area contributed by atoms with Crippen LogP contribution in [-0.4, -0.2) is 38.3 Å². The smallest absolute Gasteiger partial charge is 0.336 e. The highest BCUT2D eigenvalue weighted by atomic mass is 32.2. The fourth-order valence-electron chi connectivity index (χ4n) is 2.41. The van der Waals surface area contributed by atoms with Gasteiger partial charge >= 0.3 is 5.97 Å². The molecule has 2 unspecified atom stereocenters. The lowest BCUT2D eigenvalue weighted by atomic mass is 9.96. The normalized spacial score (nSPS) is 21.3. The molecule has 122 valence electrons. The van der Waals surface area contributed by atoms with Crippen LogP contribution in [0.15, 0.2) is 40.7 Å². The van der Waals surface area contributed by atoms with Crippen molar-refractivity contribution in [3.63, 3.8) is 0 Å². The molecule has 0 aliphatic carbocycles. The summed E-state index contributed by atoms with van der Waals surface area (Å²) in [4.78, 5) is 16.2. The highest BCUT2D eigenvalue weighted by Gasteiger charge is 2.39. The van der Waals surface area contributed by atoms with E-state index in [9.17, 15) is 13.2 Å². The Hall–Kier alpha value is -1.77. The summed E-state index contributed by atoms with van der Waals surface area (Å²) in [6, 6.07) is 6.46. The van der Waals surface area contributed by atoms with Gasteiger partial charge in [0.05, 0.1) is 17.4 Å². The third kappa shape index (κ3) is 3.60. The van der Waals surface area contributed by atoms with Crippen LogP contribution in [0, 0.1) is 0 Å². The van der Waals surface area contributed by atoms with Crippen LogP contribution in [0.25, 0.3) is 0 Å². The number of cyclic esters (lactones) is 1. The van der Waals surface area contributed by atoms with Gasteiger partial charge in [-0.3, -0.25) is 0 Å². The van der Waals surface area contributed by atoms with Gasteiger partial charge in [0.1, 0.15) is 11.6 Å². The van der Waals surface area contributed by atoms with Crippen molar-refractivity contribution in [1.82, 2.24) is 4.98 Å². The molecular formula is C15H15NO5S2. The molecule has 1 aliphatic heterocycles. The molecule has 6 nitrogen and oxygen atoms in total. The average molecular weight is 353 g/mol. The van der Waals surface area contributed by atoms with E-state index in [1.807, 2.05) is 5.38 Å². The van der Waals surface area contributed by atoms with Crippen molar-refractivity contribution in [1.29, 1.82) is 0 Å². The van der Waals surface area contributed by atoms with Gasteiger partial charge < -0.3 is 9.47 Å². The Morgan fingerprint density at radius 1 is 1.35 bits per heavy atom. The number of aromatic nitrogens is 1. The highest BCUT2D eigenvalue weighted by Crippen LogP contribution is 2.30. The zero-order valence-electron chi connectivity index (χ0n) is 12.3. The number of hydrogen-bond acceptors (Lipinski definition) is 7. The monoisotopic (exact) mass is 353 g/mol. The Morgan fingerprint density at radius 2 is 2.09 bits per heavy atom. The van der Waals surface area contributed by atoms with Gasteiger partial charge in [-0.25, -0.2) is 18.2 Å². The molecule has 1 saturated heterocycles. The van der Waals surface area contributed by atoms with Gasteiger partial charge in [-0.1, -0.05) is 12.1 Å². The maximum atomic E-state index is 11.9. The highest BCUT2D eigenvalue weighted by molar-refractivity contribution is 7.90. The number of rotatable bonds is 5. The van der Waals surface area contributed by atoms with Gasteiger partial charge in [0.15, 0.2) is 15.9 Å². The molecule has 1 aromatic heterocycles. The second kappa shape index (κ2) is 6.38. The zero-order chi connectivity index (χ0) is 16.4. The van der Waals surface area contributed by atoms with Crippen molar-refractivity contribution >= 4 is 27.1 Å². The molecule has 23 heavy (non-hydrogen) atoms. The minimum absolute atomic E-state index is 0.222. The van der Waals surface area contributed by atoms with Gasteiger partial charge in [-0.2, -0.15) is 0 Å². The molecule has 2 atom stereocenters. The molecule has 0 radical (unpaired) electrons. The summed E-state index contributed by atoms with van der Waals surface area (Å²) in [6.07, 6.45) is 2.13. The zero-order valence-corrected chi connectivity index (χ0v) is 14.0. The second-order valence-electron chi connectivity index (χ2n) is 5.24. The van der Waals surface area contributed by atoms with Gasteiger partial charge in [-0.15, -0.1) is 11.3 Å². The first-order chi connectivity index (χ1) is 10.9. The lowest BCUT2D eigenvalue weighted by Gasteiger charge is -2.16. The lowest BCUT2D eigenvalue weighted by Crippen LogP contribution is -2.24. The molecular weight excluding hydrogens is 338 g/mol. The summed E-state index contributed by atoms with van der Waals surface area (Å²) in [7, 11) is -3.24. The number of hydrogen-bond donors (Lipinski definition) is 0. The first-order valence-corrected chi connectivity index (χ1v) is 9.69. The molecule has 0 saturated carbocycles. The average Bonchev–Trinajstić information content (AvgIpc) is 3.14. The number of esters is 1. The fraction of sp³-hybridized carbons (Fsp3) is 0.333. The third-order valence-corrected chi connectivity index (χ3v) is 5.49. The van der Waals surface area contributed by atoms with Crippen molar-refractivity contribution in [2.75, 3.05) is 12.9 Å². The van der Waals surface area contributed by atoms with E-state index in [2.05, 4.69) is 4.98 Å². The summed E-state index contributed by atoms with van der Waals surface area (Å²) < 4.78 is 33.8. The Kier molecular flexibility index (Phi) is 4.47. The molecule has 8 heteroatoms. The third-order valence-electron chi connectivity index (χ3n) is 3.61. The van der Waals surface area contributed by atoms with Gasteiger partial charge in [0.25, 0.3) is 0 Å². The lowest BCUT2D eigenvalue weighted by molar-refractivity contribution is -0.148. The van der Waals surface area contributed by atoms with Crippen LogP contribution in [0.1, 0.15) is 16.5 Å². The van der Waals surface area contributed by atoms with Crippen LogP contribution in [0.2, 0.25) is 0 Å². The minimum atomic E-state index is -3.24. The van der Waals surface area contributed by atoms with Gasteiger partial charge in [0, 0.05) is 17.8 Å². The Bertz CT molecular complexity index is 784. The van der Waals surface area contributed by atoms with Gasteiger partial charge in [-0.05, 0) is 17.7 Å². The predicted octanol–water partition coefficient (Wildman–Crippen LogP) is 1.77. The molecule has 0 N–H and O–H groups in total. The van der Waals surface area contributed by atoms with E-state index in [0.29, 0.717) is 0 Å². The summed E-state index contributed by atoms with van der Waals surface area (Å²) in [5.41, 5.74) is 0.812. The maximum absolute atomic E-state index is 11.9. The largest absolute Gasteiger partial charge is 0.463 e. The SMILES string of the molecule is CS(=O)(=O)c1ccc(C2COC(=O)C2OCc2nccs2)cc1. The van der Waals surface area contributed by atoms with Crippen LogP contribution in [-0.2, 0) is 30.7 Å². The summed E-state index contributed by atoms with van der Waals surface area (Å²) in [6.45, 7) is 0.467. The van der Waals surface area contributed by atoms with Gasteiger partial charge in [0.2, 0.25) is 0 Å². The molecule has 3 rings (SSSR count). The van der Waals surface area contributed by atoms with E-state index in [1.54, 1.807) is 18.3 Å². The van der Waals surface area contributed by atoms with Crippen molar-refractivity contribution in [3.05, 3.63) is 46.4 Å².